The van der Waals surface area contributed by atoms with Crippen LogP contribution < -0.4 is 5.32 Å². The van der Waals surface area contributed by atoms with E-state index in [1.807, 2.05) is 0 Å². The molecule has 2 nitrogen and oxygen atoms in total. The van der Waals surface area contributed by atoms with Crippen LogP contribution in [0.15, 0.2) is 30.3 Å². The van der Waals surface area contributed by atoms with Gasteiger partial charge < -0.3 is 5.32 Å². The highest BCUT2D eigenvalue weighted by atomic mass is 15.2. The SMILES string of the molecule is CCN1CC(CC(C)C)NCC1c1ccccc1. The van der Waals surface area contributed by atoms with E-state index in [-0.39, 0.29) is 0 Å². The fraction of sp³-hybridized carbons (Fsp3) is 0.625. The van der Waals surface area contributed by atoms with Gasteiger partial charge in [-0.05, 0) is 24.4 Å². The third kappa shape index (κ3) is 3.33. The van der Waals surface area contributed by atoms with E-state index in [4.69, 9.17) is 0 Å². The summed E-state index contributed by atoms with van der Waals surface area (Å²) >= 11 is 0. The lowest BCUT2D eigenvalue weighted by molar-refractivity contribution is 0.128. The predicted molar refractivity (Wildman–Crippen MR) is 77.7 cm³/mol. The van der Waals surface area contributed by atoms with Crippen LogP contribution >= 0.6 is 0 Å². The standard InChI is InChI=1S/C16H26N2/c1-4-18-12-15(10-13(2)3)17-11-16(18)14-8-6-5-7-9-14/h5-9,13,15-17H,4,10-12H2,1-3H3. The zero-order chi connectivity index (χ0) is 13.0. The van der Waals surface area contributed by atoms with Crippen molar-refractivity contribution in [1.82, 2.24) is 10.2 Å². The molecule has 0 spiro atoms. The number of nitrogens with one attached hydrogen (secondary N) is 1. The van der Waals surface area contributed by atoms with Crippen LogP contribution in [-0.4, -0.2) is 30.6 Å². The van der Waals surface area contributed by atoms with Gasteiger partial charge in [0, 0.05) is 25.2 Å². The first-order valence-electron chi connectivity index (χ1n) is 7.23. The number of hydrogen-bond donors (Lipinski definition) is 1. The van der Waals surface area contributed by atoms with Crippen molar-refractivity contribution in [3.05, 3.63) is 35.9 Å². The van der Waals surface area contributed by atoms with Gasteiger partial charge in [-0.3, -0.25) is 4.90 Å². The van der Waals surface area contributed by atoms with Crippen LogP contribution in [0.4, 0.5) is 0 Å². The predicted octanol–water partition coefficient (Wildman–Crippen LogP) is 3.07. The van der Waals surface area contributed by atoms with Crippen molar-refractivity contribution in [2.24, 2.45) is 5.92 Å². The van der Waals surface area contributed by atoms with Crippen LogP contribution in [0.25, 0.3) is 0 Å². The number of piperazine rings is 1. The highest BCUT2D eigenvalue weighted by molar-refractivity contribution is 5.20. The summed E-state index contributed by atoms with van der Waals surface area (Å²) in [6.07, 6.45) is 1.28. The molecule has 1 fully saturated rings. The summed E-state index contributed by atoms with van der Waals surface area (Å²) in [6, 6.07) is 12.1. The Bertz CT molecular complexity index is 347. The normalized spacial score (nSPS) is 25.6. The van der Waals surface area contributed by atoms with Crippen molar-refractivity contribution in [1.29, 1.82) is 0 Å². The second-order valence-electron chi connectivity index (χ2n) is 5.75. The molecule has 1 heterocycles. The van der Waals surface area contributed by atoms with Crippen molar-refractivity contribution in [3.63, 3.8) is 0 Å². The van der Waals surface area contributed by atoms with E-state index in [1.54, 1.807) is 0 Å². The Balaban J connectivity index is 2.02. The Morgan fingerprint density at radius 2 is 2.00 bits per heavy atom. The molecule has 2 heteroatoms. The largest absolute Gasteiger partial charge is 0.311 e. The molecule has 100 valence electrons. The lowest BCUT2D eigenvalue weighted by Gasteiger charge is -2.40. The molecule has 0 aliphatic carbocycles. The number of nitrogens with zero attached hydrogens (tertiary/aromatic N) is 1. The summed E-state index contributed by atoms with van der Waals surface area (Å²) in [6.45, 7) is 10.3. The van der Waals surface area contributed by atoms with Crippen LogP contribution in [0.5, 0.6) is 0 Å². The molecule has 1 aromatic carbocycles. The molecule has 2 unspecified atom stereocenters. The Labute approximate surface area is 111 Å². The summed E-state index contributed by atoms with van der Waals surface area (Å²) in [4.78, 5) is 2.61. The second kappa shape index (κ2) is 6.35. The van der Waals surface area contributed by atoms with Gasteiger partial charge in [-0.1, -0.05) is 51.1 Å². The molecule has 2 atom stereocenters. The molecule has 0 radical (unpaired) electrons. The Morgan fingerprint density at radius 3 is 2.61 bits per heavy atom. The lowest BCUT2D eigenvalue weighted by Crippen LogP contribution is -2.52. The number of benzene rings is 1. The maximum absolute atomic E-state index is 3.72. The molecule has 0 saturated carbocycles. The molecule has 0 amide bonds. The summed E-state index contributed by atoms with van der Waals surface area (Å²) in [5.41, 5.74) is 1.44. The van der Waals surface area contributed by atoms with E-state index >= 15 is 0 Å². The lowest BCUT2D eigenvalue weighted by atomic mass is 9.97. The highest BCUT2D eigenvalue weighted by Gasteiger charge is 2.27. The molecule has 2 rings (SSSR count). The molecule has 0 aromatic heterocycles. The zero-order valence-corrected chi connectivity index (χ0v) is 11.9. The molecule has 1 aromatic rings. The van der Waals surface area contributed by atoms with E-state index in [0.29, 0.717) is 12.1 Å². The zero-order valence-electron chi connectivity index (χ0n) is 11.9. The molecule has 0 bridgehead atoms. The van der Waals surface area contributed by atoms with E-state index in [0.717, 1.165) is 19.0 Å². The highest BCUT2D eigenvalue weighted by Crippen LogP contribution is 2.24. The molecule has 18 heavy (non-hydrogen) atoms. The van der Waals surface area contributed by atoms with E-state index < -0.39 is 0 Å². The quantitative estimate of drug-likeness (QED) is 0.878. The Kier molecular flexibility index (Phi) is 4.79. The summed E-state index contributed by atoms with van der Waals surface area (Å²) in [7, 11) is 0. The summed E-state index contributed by atoms with van der Waals surface area (Å²) in [5.74, 6) is 0.773. The first kappa shape index (κ1) is 13.6. The van der Waals surface area contributed by atoms with Crippen molar-refractivity contribution >= 4 is 0 Å². The van der Waals surface area contributed by atoms with Crippen molar-refractivity contribution in [2.75, 3.05) is 19.6 Å². The van der Waals surface area contributed by atoms with Gasteiger partial charge in [0.15, 0.2) is 0 Å². The average molecular weight is 246 g/mol. The van der Waals surface area contributed by atoms with Crippen molar-refractivity contribution in [3.8, 4) is 0 Å². The monoisotopic (exact) mass is 246 g/mol. The third-order valence-electron chi connectivity index (χ3n) is 3.84. The maximum atomic E-state index is 3.72. The van der Waals surface area contributed by atoms with E-state index in [9.17, 15) is 0 Å². The molecule has 1 aliphatic rings. The van der Waals surface area contributed by atoms with Crippen molar-refractivity contribution in [2.45, 2.75) is 39.3 Å². The van der Waals surface area contributed by atoms with Crippen LogP contribution in [0.1, 0.15) is 38.8 Å². The summed E-state index contributed by atoms with van der Waals surface area (Å²) < 4.78 is 0. The number of likely N-dealkylation sites (N-methyl/N-ethyl adjacent to an activating group) is 1. The van der Waals surface area contributed by atoms with Crippen LogP contribution in [0, 0.1) is 5.92 Å². The second-order valence-corrected chi connectivity index (χ2v) is 5.75. The van der Waals surface area contributed by atoms with Gasteiger partial charge in [-0.25, -0.2) is 0 Å². The van der Waals surface area contributed by atoms with Crippen LogP contribution in [-0.2, 0) is 0 Å². The van der Waals surface area contributed by atoms with Crippen LogP contribution in [0.2, 0.25) is 0 Å². The van der Waals surface area contributed by atoms with Gasteiger partial charge in [-0.15, -0.1) is 0 Å². The number of hydrogen-bond acceptors (Lipinski definition) is 2. The van der Waals surface area contributed by atoms with Gasteiger partial charge in [-0.2, -0.15) is 0 Å². The molecular weight excluding hydrogens is 220 g/mol. The molecule has 1 aliphatic heterocycles. The van der Waals surface area contributed by atoms with E-state index in [2.05, 4.69) is 61.3 Å². The maximum Gasteiger partial charge on any atom is 0.0473 e. The van der Waals surface area contributed by atoms with Gasteiger partial charge in [0.2, 0.25) is 0 Å². The Hall–Kier alpha value is -0.860. The van der Waals surface area contributed by atoms with Gasteiger partial charge in [0.25, 0.3) is 0 Å². The molecule has 1 saturated heterocycles. The Morgan fingerprint density at radius 1 is 1.28 bits per heavy atom. The minimum atomic E-state index is 0.541. The van der Waals surface area contributed by atoms with Gasteiger partial charge >= 0.3 is 0 Å². The molecule has 1 N–H and O–H groups in total. The van der Waals surface area contributed by atoms with Gasteiger partial charge in [0.1, 0.15) is 0 Å². The first-order chi connectivity index (χ1) is 8.70. The minimum absolute atomic E-state index is 0.541. The topological polar surface area (TPSA) is 15.3 Å². The first-order valence-corrected chi connectivity index (χ1v) is 7.23. The third-order valence-corrected chi connectivity index (χ3v) is 3.84. The fourth-order valence-corrected chi connectivity index (χ4v) is 2.96. The smallest absolute Gasteiger partial charge is 0.0473 e. The fourth-order valence-electron chi connectivity index (χ4n) is 2.96. The van der Waals surface area contributed by atoms with E-state index in [1.165, 1.54) is 18.5 Å². The van der Waals surface area contributed by atoms with Gasteiger partial charge in [0.05, 0.1) is 0 Å². The molecular formula is C16H26N2. The summed E-state index contributed by atoms with van der Waals surface area (Å²) in [5, 5.41) is 3.72. The average Bonchev–Trinajstić information content (AvgIpc) is 2.39. The van der Waals surface area contributed by atoms with Crippen molar-refractivity contribution < 1.29 is 0 Å². The number of rotatable bonds is 4. The minimum Gasteiger partial charge on any atom is -0.311 e. The van der Waals surface area contributed by atoms with Crippen LogP contribution in [0.3, 0.4) is 0 Å².